The minimum atomic E-state index is -0.770. The van der Waals surface area contributed by atoms with Gasteiger partial charge in [0.05, 0.1) is 25.8 Å². The molecule has 7 atom stereocenters. The first-order chi connectivity index (χ1) is 11.2. The highest BCUT2D eigenvalue weighted by Crippen LogP contribution is 2.42. The summed E-state index contributed by atoms with van der Waals surface area (Å²) in [5.41, 5.74) is 5.62. The number of amides is 1. The highest BCUT2D eigenvalue weighted by atomic mass is 16.8. The molecule has 3 N–H and O–H groups in total. The second-order valence-electron chi connectivity index (χ2n) is 6.82. The summed E-state index contributed by atoms with van der Waals surface area (Å²) in [6.07, 6.45) is -2.06. The fraction of sp³-hybridized carbons (Fsp3) is 0.867. The van der Waals surface area contributed by atoms with Crippen LogP contribution >= 0.6 is 0 Å². The minimum absolute atomic E-state index is 0.0914. The second-order valence-corrected chi connectivity index (χ2v) is 6.82. The first-order valence-corrected chi connectivity index (χ1v) is 8.00. The maximum absolute atomic E-state index is 12.1. The van der Waals surface area contributed by atoms with Crippen molar-refractivity contribution >= 4 is 11.9 Å². The largest absolute Gasteiger partial charge is 0.469 e. The van der Waals surface area contributed by atoms with E-state index in [0.29, 0.717) is 0 Å². The van der Waals surface area contributed by atoms with Crippen molar-refractivity contribution in [1.82, 2.24) is 5.32 Å². The molecule has 24 heavy (non-hydrogen) atoms. The summed E-state index contributed by atoms with van der Waals surface area (Å²) in [4.78, 5) is 24.1. The number of hydrogen-bond donors (Lipinski definition) is 2. The normalized spacial score (nSPS) is 41.2. The van der Waals surface area contributed by atoms with Crippen LogP contribution in [0.1, 0.15) is 20.8 Å². The lowest BCUT2D eigenvalue weighted by Crippen LogP contribution is -2.62. The SMILES string of the molecule is COC(=O)[C@H]1CO[C@H]2[C@H](O[C@@H]3OC(C)(C)O[C@@H]32)[C@H]1NC(=O)[C@H](C)N. The Kier molecular flexibility index (Phi) is 4.56. The lowest BCUT2D eigenvalue weighted by molar-refractivity contribution is -0.234. The molecule has 0 bridgehead atoms. The Morgan fingerprint density at radius 1 is 1.25 bits per heavy atom. The average molecular weight is 344 g/mol. The third-order valence-electron chi connectivity index (χ3n) is 4.51. The molecule has 1 amide bonds. The average Bonchev–Trinajstić information content (AvgIpc) is 2.98. The topological polar surface area (TPSA) is 118 Å². The number of hydrogen-bond acceptors (Lipinski definition) is 8. The Morgan fingerprint density at radius 2 is 1.96 bits per heavy atom. The summed E-state index contributed by atoms with van der Waals surface area (Å²) in [5.74, 6) is -2.32. The van der Waals surface area contributed by atoms with E-state index in [1.807, 2.05) is 0 Å². The summed E-state index contributed by atoms with van der Waals surface area (Å²) in [7, 11) is 1.29. The maximum atomic E-state index is 12.1. The summed E-state index contributed by atoms with van der Waals surface area (Å²) >= 11 is 0. The number of fused-ring (bicyclic) bond motifs is 3. The van der Waals surface area contributed by atoms with Gasteiger partial charge in [-0.05, 0) is 20.8 Å². The highest BCUT2D eigenvalue weighted by molar-refractivity contribution is 5.82. The van der Waals surface area contributed by atoms with Crippen molar-refractivity contribution in [2.45, 2.75) is 63.2 Å². The molecule has 0 saturated carbocycles. The van der Waals surface area contributed by atoms with E-state index in [9.17, 15) is 9.59 Å². The Bertz CT molecular complexity index is 524. The third-order valence-corrected chi connectivity index (χ3v) is 4.51. The van der Waals surface area contributed by atoms with Crippen molar-refractivity contribution in [1.29, 1.82) is 0 Å². The number of esters is 1. The molecule has 0 unspecified atom stereocenters. The van der Waals surface area contributed by atoms with Crippen molar-refractivity contribution in [3.63, 3.8) is 0 Å². The molecule has 9 heteroatoms. The number of ether oxygens (including phenoxy) is 5. The predicted octanol–water partition coefficient (Wildman–Crippen LogP) is -1.12. The number of nitrogens with two attached hydrogens (primary N) is 1. The standard InChI is InChI=1S/C15H24N2O7/c1-6(16)12(18)17-8-7(13(19)20-4)5-21-10-9(8)22-14-11(10)23-15(2,3)24-14/h6-11,14H,5,16H2,1-4H3,(H,17,18)/t6-,7-,8-,9+,10-,11+,14+/m0/s1. The summed E-state index contributed by atoms with van der Waals surface area (Å²) in [6, 6.07) is -1.34. The molecule has 0 spiro atoms. The lowest BCUT2D eigenvalue weighted by Gasteiger charge is -2.39. The van der Waals surface area contributed by atoms with Gasteiger partial charge >= 0.3 is 5.97 Å². The first-order valence-electron chi connectivity index (χ1n) is 8.00. The van der Waals surface area contributed by atoms with E-state index < -0.39 is 54.4 Å². The Hall–Kier alpha value is -1.26. The first kappa shape index (κ1) is 17.6. The number of carbonyl (C=O) groups excluding carboxylic acids is 2. The van der Waals surface area contributed by atoms with Crippen LogP contribution in [-0.2, 0) is 33.3 Å². The quantitative estimate of drug-likeness (QED) is 0.618. The number of carbonyl (C=O) groups is 2. The molecule has 3 rings (SSSR count). The van der Waals surface area contributed by atoms with Crippen molar-refractivity contribution in [2.24, 2.45) is 11.7 Å². The van der Waals surface area contributed by atoms with Crippen molar-refractivity contribution in [2.75, 3.05) is 13.7 Å². The summed E-state index contributed by atoms with van der Waals surface area (Å²) < 4.78 is 28.1. The van der Waals surface area contributed by atoms with E-state index in [2.05, 4.69) is 5.32 Å². The monoisotopic (exact) mass is 344 g/mol. The molecule has 0 radical (unpaired) electrons. The van der Waals surface area contributed by atoms with Gasteiger partial charge in [0.25, 0.3) is 0 Å². The van der Waals surface area contributed by atoms with Gasteiger partial charge in [-0.3, -0.25) is 9.59 Å². The molecular formula is C15H24N2O7. The van der Waals surface area contributed by atoms with E-state index in [4.69, 9.17) is 29.4 Å². The van der Waals surface area contributed by atoms with Gasteiger partial charge in [-0.1, -0.05) is 0 Å². The van der Waals surface area contributed by atoms with Crippen LogP contribution in [0.5, 0.6) is 0 Å². The third kappa shape index (κ3) is 3.02. The van der Waals surface area contributed by atoms with Gasteiger partial charge in [0.15, 0.2) is 12.1 Å². The molecule has 0 aromatic carbocycles. The highest BCUT2D eigenvalue weighted by Gasteiger charge is 2.61. The van der Waals surface area contributed by atoms with Crippen LogP contribution in [0.25, 0.3) is 0 Å². The molecule has 0 aromatic heterocycles. The minimum Gasteiger partial charge on any atom is -0.469 e. The van der Waals surface area contributed by atoms with E-state index >= 15 is 0 Å². The molecule has 3 heterocycles. The van der Waals surface area contributed by atoms with Crippen LogP contribution in [0.2, 0.25) is 0 Å². The Labute approximate surface area is 140 Å². The van der Waals surface area contributed by atoms with Crippen molar-refractivity contribution < 1.29 is 33.3 Å². The van der Waals surface area contributed by atoms with Crippen LogP contribution in [-0.4, -0.2) is 68.1 Å². The molecular weight excluding hydrogens is 320 g/mol. The van der Waals surface area contributed by atoms with Crippen LogP contribution in [0.4, 0.5) is 0 Å². The molecule has 0 aliphatic carbocycles. The molecule has 3 saturated heterocycles. The summed E-state index contributed by atoms with van der Waals surface area (Å²) in [5, 5.41) is 2.78. The van der Waals surface area contributed by atoms with Gasteiger partial charge in [-0.25, -0.2) is 0 Å². The van der Waals surface area contributed by atoms with Gasteiger partial charge in [0, 0.05) is 0 Å². The zero-order valence-corrected chi connectivity index (χ0v) is 14.2. The predicted molar refractivity (Wildman–Crippen MR) is 79.5 cm³/mol. The fourth-order valence-corrected chi connectivity index (χ4v) is 3.37. The van der Waals surface area contributed by atoms with Crippen LogP contribution < -0.4 is 11.1 Å². The molecule has 9 nitrogen and oxygen atoms in total. The fourth-order valence-electron chi connectivity index (χ4n) is 3.37. The van der Waals surface area contributed by atoms with Gasteiger partial charge in [-0.2, -0.15) is 0 Å². The van der Waals surface area contributed by atoms with Crippen LogP contribution in [0.15, 0.2) is 0 Å². The van der Waals surface area contributed by atoms with E-state index in [1.54, 1.807) is 20.8 Å². The maximum Gasteiger partial charge on any atom is 0.313 e. The second kappa shape index (κ2) is 6.23. The van der Waals surface area contributed by atoms with E-state index in [-0.39, 0.29) is 12.5 Å². The van der Waals surface area contributed by atoms with Crippen LogP contribution in [0.3, 0.4) is 0 Å². The number of rotatable bonds is 3. The molecule has 3 fully saturated rings. The lowest BCUT2D eigenvalue weighted by atomic mass is 9.88. The molecule has 0 aromatic rings. The number of methoxy groups -OCH3 is 1. The smallest absolute Gasteiger partial charge is 0.313 e. The van der Waals surface area contributed by atoms with Crippen LogP contribution in [0, 0.1) is 5.92 Å². The van der Waals surface area contributed by atoms with E-state index in [0.717, 1.165) is 0 Å². The summed E-state index contributed by atoms with van der Waals surface area (Å²) in [6.45, 7) is 5.24. The van der Waals surface area contributed by atoms with Gasteiger partial charge in [-0.15, -0.1) is 0 Å². The number of nitrogens with one attached hydrogen (secondary N) is 1. The van der Waals surface area contributed by atoms with Gasteiger partial charge in [0.2, 0.25) is 5.91 Å². The zero-order chi connectivity index (χ0) is 17.6. The van der Waals surface area contributed by atoms with Gasteiger partial charge < -0.3 is 34.7 Å². The molecule has 3 aliphatic heterocycles. The Balaban J connectivity index is 1.81. The Morgan fingerprint density at radius 3 is 2.58 bits per heavy atom. The van der Waals surface area contributed by atoms with E-state index in [1.165, 1.54) is 7.11 Å². The molecule has 136 valence electrons. The zero-order valence-electron chi connectivity index (χ0n) is 14.2. The molecule has 3 aliphatic rings. The van der Waals surface area contributed by atoms with Crippen molar-refractivity contribution in [3.8, 4) is 0 Å². The van der Waals surface area contributed by atoms with Gasteiger partial charge in [0.1, 0.15) is 24.2 Å². The van der Waals surface area contributed by atoms with Crippen molar-refractivity contribution in [3.05, 3.63) is 0 Å².